The molecule has 0 spiro atoms. The third-order valence-electron chi connectivity index (χ3n) is 3.80. The van der Waals surface area contributed by atoms with Gasteiger partial charge in [-0.3, -0.25) is 4.79 Å². The number of carbonyl (C=O) groups is 1. The van der Waals surface area contributed by atoms with E-state index in [0.717, 1.165) is 12.8 Å². The first-order valence-corrected chi connectivity index (χ1v) is 9.60. The van der Waals surface area contributed by atoms with Crippen LogP contribution in [0, 0.1) is 0 Å². The number of aromatic nitrogens is 3. The van der Waals surface area contributed by atoms with Gasteiger partial charge < -0.3 is 20.5 Å². The van der Waals surface area contributed by atoms with Gasteiger partial charge in [-0.2, -0.15) is 15.0 Å². The second kappa shape index (κ2) is 9.65. The first-order valence-electron chi connectivity index (χ1n) is 8.72. The highest BCUT2D eigenvalue weighted by Gasteiger charge is 2.10. The van der Waals surface area contributed by atoms with Crippen molar-refractivity contribution in [1.29, 1.82) is 0 Å². The minimum absolute atomic E-state index is 0.0381. The number of hydrogen-bond donors (Lipinski definition) is 2. The van der Waals surface area contributed by atoms with Gasteiger partial charge in [0.1, 0.15) is 5.75 Å². The Morgan fingerprint density at radius 2 is 2.04 bits per heavy atom. The molecule has 1 aromatic carbocycles. The Kier molecular flexibility index (Phi) is 6.74. The third kappa shape index (κ3) is 5.65. The number of carbonyl (C=O) groups excluding carboxylic acids is 1. The molecule has 3 rings (SSSR count). The molecule has 0 unspecified atom stereocenters. The summed E-state index contributed by atoms with van der Waals surface area (Å²) in [5.41, 5.74) is 6.44. The Bertz CT molecular complexity index is 918. The van der Waals surface area contributed by atoms with E-state index in [1.165, 1.54) is 4.88 Å². The van der Waals surface area contributed by atoms with E-state index in [4.69, 9.17) is 15.2 Å². The van der Waals surface area contributed by atoms with E-state index >= 15 is 0 Å². The van der Waals surface area contributed by atoms with Crippen molar-refractivity contribution in [2.75, 3.05) is 18.2 Å². The van der Waals surface area contributed by atoms with E-state index < -0.39 is 0 Å². The monoisotopic (exact) mass is 399 g/mol. The standard InChI is InChI=1S/C19H21N5O3S/c1-26-15-9-3-2-8-14(15)21-19-23-16(22-18(20)24-19)12-27-17(25)10-4-6-13-7-5-11-28-13/h2-3,5,7-9,11H,4,6,10,12H2,1H3,(H3,20,21,22,23,24). The molecule has 0 saturated carbocycles. The zero-order valence-electron chi connectivity index (χ0n) is 15.4. The number of nitrogens with two attached hydrogens (primary N) is 1. The topological polar surface area (TPSA) is 112 Å². The van der Waals surface area contributed by atoms with E-state index in [0.29, 0.717) is 17.9 Å². The number of thiophene rings is 1. The predicted molar refractivity (Wildman–Crippen MR) is 108 cm³/mol. The maximum absolute atomic E-state index is 11.9. The van der Waals surface area contributed by atoms with Gasteiger partial charge >= 0.3 is 5.97 Å². The molecule has 0 amide bonds. The van der Waals surface area contributed by atoms with Gasteiger partial charge in [-0.05, 0) is 36.4 Å². The van der Waals surface area contributed by atoms with E-state index in [1.807, 2.05) is 35.7 Å². The summed E-state index contributed by atoms with van der Waals surface area (Å²) < 4.78 is 10.5. The van der Waals surface area contributed by atoms with Crippen molar-refractivity contribution < 1.29 is 14.3 Å². The van der Waals surface area contributed by atoms with Crippen molar-refractivity contribution in [2.45, 2.75) is 25.9 Å². The lowest BCUT2D eigenvalue weighted by Gasteiger charge is -2.10. The van der Waals surface area contributed by atoms with Crippen LogP contribution in [0.3, 0.4) is 0 Å². The highest BCUT2D eigenvalue weighted by Crippen LogP contribution is 2.25. The fourth-order valence-corrected chi connectivity index (χ4v) is 3.26. The number of methoxy groups -OCH3 is 1. The lowest BCUT2D eigenvalue weighted by molar-refractivity contribution is -0.145. The molecule has 2 aromatic heterocycles. The van der Waals surface area contributed by atoms with Crippen LogP contribution >= 0.6 is 11.3 Å². The summed E-state index contributed by atoms with van der Waals surface area (Å²) in [5.74, 6) is 0.906. The molecular weight excluding hydrogens is 378 g/mol. The van der Waals surface area contributed by atoms with E-state index in [1.54, 1.807) is 18.4 Å². The van der Waals surface area contributed by atoms with Crippen LogP contribution in [0.15, 0.2) is 41.8 Å². The number of nitrogens with zero attached hydrogens (tertiary/aromatic N) is 3. The predicted octanol–water partition coefficient (Wildman–Crippen LogP) is 3.33. The first-order chi connectivity index (χ1) is 13.6. The fraction of sp³-hybridized carbons (Fsp3) is 0.263. The van der Waals surface area contributed by atoms with Crippen molar-refractivity contribution in [2.24, 2.45) is 0 Å². The number of aryl methyl sites for hydroxylation is 1. The van der Waals surface area contributed by atoms with Gasteiger partial charge in [0.25, 0.3) is 0 Å². The van der Waals surface area contributed by atoms with Gasteiger partial charge in [0.2, 0.25) is 11.9 Å². The second-order valence-corrected chi connectivity index (χ2v) is 6.88. The van der Waals surface area contributed by atoms with Gasteiger partial charge in [-0.1, -0.05) is 18.2 Å². The Balaban J connectivity index is 1.54. The summed E-state index contributed by atoms with van der Waals surface area (Å²) in [7, 11) is 1.58. The Hall–Kier alpha value is -3.20. The van der Waals surface area contributed by atoms with Crippen molar-refractivity contribution in [1.82, 2.24) is 15.0 Å². The minimum atomic E-state index is -0.297. The molecule has 8 nitrogen and oxygen atoms in total. The molecule has 0 fully saturated rings. The highest BCUT2D eigenvalue weighted by molar-refractivity contribution is 7.09. The summed E-state index contributed by atoms with van der Waals surface area (Å²) in [4.78, 5) is 25.5. The van der Waals surface area contributed by atoms with Gasteiger partial charge in [0.05, 0.1) is 12.8 Å². The molecule has 3 aromatic rings. The summed E-state index contributed by atoms with van der Waals surface area (Å²) in [6.45, 7) is -0.0643. The number of ether oxygens (including phenoxy) is 2. The number of nitrogens with one attached hydrogen (secondary N) is 1. The molecule has 28 heavy (non-hydrogen) atoms. The summed E-state index contributed by atoms with van der Waals surface area (Å²) in [6.07, 6.45) is 1.93. The maximum atomic E-state index is 11.9. The van der Waals surface area contributed by atoms with Crippen LogP contribution in [-0.2, 0) is 22.6 Å². The van der Waals surface area contributed by atoms with Crippen LogP contribution in [-0.4, -0.2) is 28.0 Å². The molecule has 0 aliphatic rings. The van der Waals surface area contributed by atoms with Crippen LogP contribution in [0.2, 0.25) is 0 Å². The summed E-state index contributed by atoms with van der Waals surface area (Å²) in [6, 6.07) is 11.4. The molecule has 0 saturated heterocycles. The molecule has 9 heteroatoms. The van der Waals surface area contributed by atoms with Crippen LogP contribution in [0.5, 0.6) is 5.75 Å². The smallest absolute Gasteiger partial charge is 0.306 e. The fourth-order valence-electron chi connectivity index (χ4n) is 2.51. The molecule has 146 valence electrons. The number of hydrogen-bond acceptors (Lipinski definition) is 9. The number of rotatable bonds is 9. The molecule has 0 radical (unpaired) electrons. The molecule has 0 bridgehead atoms. The Morgan fingerprint density at radius 1 is 1.18 bits per heavy atom. The van der Waals surface area contributed by atoms with Crippen molar-refractivity contribution in [3.05, 3.63) is 52.5 Å². The van der Waals surface area contributed by atoms with Crippen molar-refractivity contribution >= 4 is 34.9 Å². The van der Waals surface area contributed by atoms with Crippen LogP contribution in [0.25, 0.3) is 0 Å². The second-order valence-electron chi connectivity index (χ2n) is 5.85. The highest BCUT2D eigenvalue weighted by atomic mass is 32.1. The first kappa shape index (κ1) is 19.6. The molecular formula is C19H21N5O3S. The van der Waals surface area contributed by atoms with Crippen LogP contribution in [0.4, 0.5) is 17.6 Å². The van der Waals surface area contributed by atoms with Gasteiger partial charge in [0.15, 0.2) is 12.4 Å². The lowest BCUT2D eigenvalue weighted by Crippen LogP contribution is -2.11. The third-order valence-corrected chi connectivity index (χ3v) is 4.74. The average Bonchev–Trinajstić information content (AvgIpc) is 3.20. The summed E-state index contributed by atoms with van der Waals surface area (Å²) >= 11 is 1.68. The Labute approximate surface area is 166 Å². The molecule has 0 aliphatic heterocycles. The molecule has 3 N–H and O–H groups in total. The van der Waals surface area contributed by atoms with E-state index in [-0.39, 0.29) is 30.3 Å². The van der Waals surface area contributed by atoms with Gasteiger partial charge in [-0.15, -0.1) is 11.3 Å². The van der Waals surface area contributed by atoms with Crippen molar-refractivity contribution in [3.63, 3.8) is 0 Å². The number of para-hydroxylation sites is 2. The quantitative estimate of drug-likeness (QED) is 0.527. The molecule has 0 aliphatic carbocycles. The van der Waals surface area contributed by atoms with Crippen LogP contribution in [0.1, 0.15) is 23.5 Å². The lowest BCUT2D eigenvalue weighted by atomic mass is 10.2. The van der Waals surface area contributed by atoms with E-state index in [9.17, 15) is 4.79 Å². The zero-order valence-corrected chi connectivity index (χ0v) is 16.2. The number of nitrogen functional groups attached to an aromatic ring is 1. The average molecular weight is 399 g/mol. The largest absolute Gasteiger partial charge is 0.495 e. The minimum Gasteiger partial charge on any atom is -0.495 e. The molecule has 0 atom stereocenters. The van der Waals surface area contributed by atoms with Gasteiger partial charge in [0, 0.05) is 11.3 Å². The number of anilines is 3. The summed E-state index contributed by atoms with van der Waals surface area (Å²) in [5, 5.41) is 5.06. The van der Waals surface area contributed by atoms with Crippen molar-refractivity contribution in [3.8, 4) is 5.75 Å². The number of benzene rings is 1. The zero-order chi connectivity index (χ0) is 19.8. The normalized spacial score (nSPS) is 10.5. The molecule has 2 heterocycles. The maximum Gasteiger partial charge on any atom is 0.306 e. The van der Waals surface area contributed by atoms with E-state index in [2.05, 4.69) is 26.3 Å². The SMILES string of the molecule is COc1ccccc1Nc1nc(N)nc(COC(=O)CCCc2cccs2)n1. The Morgan fingerprint density at radius 3 is 2.82 bits per heavy atom. The number of esters is 1. The van der Waals surface area contributed by atoms with Gasteiger partial charge in [-0.25, -0.2) is 0 Å². The van der Waals surface area contributed by atoms with Crippen LogP contribution < -0.4 is 15.8 Å².